The molecule has 0 amide bonds. The molecule has 0 saturated heterocycles. The molecule has 5 nitrogen and oxygen atoms in total. The van der Waals surface area contributed by atoms with Crippen molar-refractivity contribution in [2.24, 2.45) is 0 Å². The van der Waals surface area contributed by atoms with Gasteiger partial charge in [0.25, 0.3) is 0 Å². The average Bonchev–Trinajstić information content (AvgIpc) is 2.18. The third-order valence-electron chi connectivity index (χ3n) is 1.64. The summed E-state index contributed by atoms with van der Waals surface area (Å²) in [5.41, 5.74) is -0.0592. The lowest BCUT2D eigenvalue weighted by molar-refractivity contribution is 0.0493. The molecule has 0 bridgehead atoms. The highest BCUT2D eigenvalue weighted by molar-refractivity contribution is 5.91. The molecule has 0 aliphatic carbocycles. The van der Waals surface area contributed by atoms with Gasteiger partial charge in [-0.2, -0.15) is 5.10 Å². The van der Waals surface area contributed by atoms with Gasteiger partial charge in [-0.25, -0.2) is 4.79 Å². The number of unbranched alkanes of at least 4 members (excludes halogenated alkanes) is 1. The Morgan fingerprint density at radius 1 is 1.57 bits per heavy atom. The monoisotopic (exact) mass is 195 g/mol. The SMILES string of the molecule is CCCCOC(=O)c1ccnnc1[O]. The Morgan fingerprint density at radius 2 is 2.36 bits per heavy atom. The Kier molecular flexibility index (Phi) is 3.84. The van der Waals surface area contributed by atoms with Crippen molar-refractivity contribution in [1.29, 1.82) is 0 Å². The zero-order chi connectivity index (χ0) is 10.4. The van der Waals surface area contributed by atoms with Crippen LogP contribution in [0.2, 0.25) is 0 Å². The standard InChI is InChI=1S/C9H11N2O3/c1-2-3-6-14-9(13)7-4-5-10-11-8(7)12/h4-5H,2-3,6H2,1H3. The van der Waals surface area contributed by atoms with E-state index in [0.29, 0.717) is 6.61 Å². The summed E-state index contributed by atoms with van der Waals surface area (Å²) in [4.78, 5) is 11.3. The lowest BCUT2D eigenvalue weighted by Gasteiger charge is -2.02. The van der Waals surface area contributed by atoms with Crippen LogP contribution >= 0.6 is 0 Å². The van der Waals surface area contributed by atoms with E-state index < -0.39 is 11.8 Å². The second kappa shape index (κ2) is 5.16. The van der Waals surface area contributed by atoms with E-state index in [9.17, 15) is 9.90 Å². The quantitative estimate of drug-likeness (QED) is 0.540. The molecular formula is C9H11N2O3. The normalized spacial score (nSPS) is 9.79. The molecule has 0 fully saturated rings. The fourth-order valence-corrected chi connectivity index (χ4v) is 0.861. The van der Waals surface area contributed by atoms with E-state index in [2.05, 4.69) is 10.2 Å². The molecule has 0 spiro atoms. The first-order chi connectivity index (χ1) is 6.75. The number of nitrogens with zero attached hydrogens (tertiary/aromatic N) is 2. The van der Waals surface area contributed by atoms with Crippen LogP contribution in [0.5, 0.6) is 5.88 Å². The molecule has 1 aromatic heterocycles. The van der Waals surface area contributed by atoms with Gasteiger partial charge in [0.05, 0.1) is 12.8 Å². The summed E-state index contributed by atoms with van der Waals surface area (Å²) in [6, 6.07) is 1.31. The van der Waals surface area contributed by atoms with Crippen LogP contribution < -0.4 is 0 Å². The average molecular weight is 195 g/mol. The zero-order valence-electron chi connectivity index (χ0n) is 7.90. The third-order valence-corrected chi connectivity index (χ3v) is 1.64. The molecular weight excluding hydrogens is 184 g/mol. The highest BCUT2D eigenvalue weighted by atomic mass is 16.5. The summed E-state index contributed by atoms with van der Waals surface area (Å²) in [6.45, 7) is 2.32. The maximum Gasteiger partial charge on any atom is 0.343 e. The number of ether oxygens (including phenoxy) is 1. The first-order valence-corrected chi connectivity index (χ1v) is 4.41. The fourth-order valence-electron chi connectivity index (χ4n) is 0.861. The number of hydrogen-bond acceptors (Lipinski definition) is 4. The molecule has 5 heteroatoms. The van der Waals surface area contributed by atoms with Gasteiger partial charge in [0, 0.05) is 0 Å². The number of hydrogen-bond donors (Lipinski definition) is 0. The molecule has 0 aliphatic heterocycles. The van der Waals surface area contributed by atoms with Crippen molar-refractivity contribution >= 4 is 5.97 Å². The molecule has 0 saturated carbocycles. The minimum atomic E-state index is -0.644. The highest BCUT2D eigenvalue weighted by Crippen LogP contribution is 2.12. The maximum atomic E-state index is 11.3. The number of carbonyl (C=O) groups excluding carboxylic acids is 1. The van der Waals surface area contributed by atoms with E-state index in [1.165, 1.54) is 12.3 Å². The molecule has 14 heavy (non-hydrogen) atoms. The van der Waals surface area contributed by atoms with Gasteiger partial charge in [-0.1, -0.05) is 13.3 Å². The Bertz CT molecular complexity index is 315. The number of carbonyl (C=O) groups is 1. The van der Waals surface area contributed by atoms with Crippen LogP contribution in [0.15, 0.2) is 12.3 Å². The van der Waals surface area contributed by atoms with Crippen LogP contribution in [0.4, 0.5) is 0 Å². The van der Waals surface area contributed by atoms with Crippen LogP contribution in [-0.2, 0) is 9.84 Å². The first-order valence-electron chi connectivity index (χ1n) is 4.41. The first kappa shape index (κ1) is 10.4. The van der Waals surface area contributed by atoms with Crippen LogP contribution in [0.1, 0.15) is 30.1 Å². The van der Waals surface area contributed by atoms with Crippen LogP contribution in [0.25, 0.3) is 0 Å². The summed E-state index contributed by atoms with van der Waals surface area (Å²) < 4.78 is 4.84. The highest BCUT2D eigenvalue weighted by Gasteiger charge is 2.14. The third kappa shape index (κ3) is 2.69. The smallest absolute Gasteiger partial charge is 0.343 e. The molecule has 1 aromatic rings. The van der Waals surface area contributed by atoms with Gasteiger partial charge < -0.3 is 4.74 Å². The van der Waals surface area contributed by atoms with Gasteiger partial charge in [-0.3, -0.25) is 5.11 Å². The van der Waals surface area contributed by atoms with Crippen molar-refractivity contribution in [1.82, 2.24) is 10.2 Å². The minimum absolute atomic E-state index is 0.0592. The van der Waals surface area contributed by atoms with Gasteiger partial charge in [0.1, 0.15) is 5.56 Å². The van der Waals surface area contributed by atoms with Crippen molar-refractivity contribution in [3.8, 4) is 5.88 Å². The number of aromatic nitrogens is 2. The van der Waals surface area contributed by atoms with Crippen LogP contribution in [0, 0.1) is 0 Å². The van der Waals surface area contributed by atoms with E-state index in [1.807, 2.05) is 6.92 Å². The van der Waals surface area contributed by atoms with Crippen molar-refractivity contribution in [2.75, 3.05) is 6.61 Å². The summed E-state index contributed by atoms with van der Waals surface area (Å²) in [5.74, 6) is -1.27. The Hall–Kier alpha value is -1.65. The van der Waals surface area contributed by atoms with Crippen LogP contribution in [0.3, 0.4) is 0 Å². The predicted molar refractivity (Wildman–Crippen MR) is 47.4 cm³/mol. The van der Waals surface area contributed by atoms with E-state index in [4.69, 9.17) is 4.74 Å². The zero-order valence-corrected chi connectivity index (χ0v) is 7.90. The summed E-state index contributed by atoms with van der Waals surface area (Å²) >= 11 is 0. The Labute approximate surface area is 81.7 Å². The molecule has 1 heterocycles. The van der Waals surface area contributed by atoms with Gasteiger partial charge >= 0.3 is 11.8 Å². The largest absolute Gasteiger partial charge is 0.462 e. The summed E-state index contributed by atoms with van der Waals surface area (Å²) in [6.07, 6.45) is 3.02. The Morgan fingerprint density at radius 3 is 3.00 bits per heavy atom. The summed E-state index contributed by atoms with van der Waals surface area (Å²) in [5, 5.41) is 17.6. The molecule has 0 N–H and O–H groups in total. The topological polar surface area (TPSA) is 72.0 Å². The molecule has 0 aliphatic rings. The lowest BCUT2D eigenvalue weighted by Crippen LogP contribution is -2.07. The lowest BCUT2D eigenvalue weighted by atomic mass is 10.3. The number of esters is 1. The second-order valence-corrected chi connectivity index (χ2v) is 2.74. The molecule has 1 rings (SSSR count). The van der Waals surface area contributed by atoms with Gasteiger partial charge in [-0.15, -0.1) is 5.10 Å². The van der Waals surface area contributed by atoms with E-state index in [1.54, 1.807) is 0 Å². The molecule has 0 atom stereocenters. The maximum absolute atomic E-state index is 11.3. The fraction of sp³-hybridized carbons (Fsp3) is 0.444. The molecule has 0 unspecified atom stereocenters. The van der Waals surface area contributed by atoms with E-state index in [0.717, 1.165) is 12.8 Å². The van der Waals surface area contributed by atoms with Gasteiger partial charge in [0.2, 0.25) is 0 Å². The van der Waals surface area contributed by atoms with Gasteiger partial charge in [-0.05, 0) is 12.5 Å². The van der Waals surface area contributed by atoms with Crippen molar-refractivity contribution < 1.29 is 14.6 Å². The van der Waals surface area contributed by atoms with Crippen molar-refractivity contribution in [3.63, 3.8) is 0 Å². The van der Waals surface area contributed by atoms with Gasteiger partial charge in [0.15, 0.2) is 0 Å². The summed E-state index contributed by atoms with van der Waals surface area (Å²) in [7, 11) is 0. The predicted octanol–water partition coefficient (Wildman–Crippen LogP) is 1.58. The Balaban J connectivity index is 2.56. The van der Waals surface area contributed by atoms with E-state index >= 15 is 0 Å². The van der Waals surface area contributed by atoms with E-state index in [-0.39, 0.29) is 5.56 Å². The molecule has 75 valence electrons. The second-order valence-electron chi connectivity index (χ2n) is 2.74. The van der Waals surface area contributed by atoms with Crippen LogP contribution in [-0.4, -0.2) is 22.8 Å². The number of rotatable bonds is 4. The van der Waals surface area contributed by atoms with Crippen molar-refractivity contribution in [2.45, 2.75) is 19.8 Å². The van der Waals surface area contributed by atoms with Crippen molar-refractivity contribution in [3.05, 3.63) is 17.8 Å². The minimum Gasteiger partial charge on any atom is -0.462 e. The molecule has 1 radical (unpaired) electrons. The molecule has 0 aromatic carbocycles.